The zero-order valence-electron chi connectivity index (χ0n) is 11.7. The maximum absolute atomic E-state index is 12.4. The van der Waals surface area contributed by atoms with Gasteiger partial charge in [-0.15, -0.1) is 0 Å². The fourth-order valence-electron chi connectivity index (χ4n) is 3.08. The molecule has 0 bridgehead atoms. The number of carbonyl (C=O) groups is 1. The lowest BCUT2D eigenvalue weighted by Crippen LogP contribution is -2.60. The molecule has 4 heteroatoms. The number of urea groups is 1. The summed E-state index contributed by atoms with van der Waals surface area (Å²) in [5, 5.41) is 6.74. The fourth-order valence-corrected chi connectivity index (χ4v) is 3.08. The average Bonchev–Trinajstić information content (AvgIpc) is 2.90. The Kier molecular flexibility index (Phi) is 4.87. The quantitative estimate of drug-likeness (QED) is 0.809. The topological polar surface area (TPSA) is 44.4 Å². The molecule has 1 saturated heterocycles. The molecule has 2 aliphatic rings. The second-order valence-corrected chi connectivity index (χ2v) is 5.66. The van der Waals surface area contributed by atoms with Crippen molar-refractivity contribution in [3.05, 3.63) is 0 Å². The monoisotopic (exact) mass is 253 g/mol. The van der Waals surface area contributed by atoms with E-state index in [2.05, 4.69) is 29.4 Å². The molecule has 2 rings (SSSR count). The maximum Gasteiger partial charge on any atom is 0.317 e. The van der Waals surface area contributed by atoms with Crippen LogP contribution in [0.4, 0.5) is 4.79 Å². The van der Waals surface area contributed by atoms with Gasteiger partial charge in [0.05, 0.1) is 0 Å². The largest absolute Gasteiger partial charge is 0.335 e. The Bertz CT molecular complexity index is 276. The van der Waals surface area contributed by atoms with E-state index < -0.39 is 0 Å². The van der Waals surface area contributed by atoms with E-state index in [0.717, 1.165) is 38.8 Å². The third-order valence-corrected chi connectivity index (χ3v) is 4.41. The van der Waals surface area contributed by atoms with Crippen molar-refractivity contribution >= 4 is 6.03 Å². The minimum absolute atomic E-state index is 0.161. The van der Waals surface area contributed by atoms with Gasteiger partial charge >= 0.3 is 6.03 Å². The van der Waals surface area contributed by atoms with E-state index in [-0.39, 0.29) is 6.03 Å². The second-order valence-electron chi connectivity index (χ2n) is 5.66. The van der Waals surface area contributed by atoms with E-state index in [1.165, 1.54) is 12.8 Å². The molecule has 0 aromatic heterocycles. The molecule has 0 aromatic carbocycles. The second kappa shape index (κ2) is 6.41. The third kappa shape index (κ3) is 3.16. The number of carbonyl (C=O) groups excluding carboxylic acids is 1. The molecule has 0 radical (unpaired) electrons. The van der Waals surface area contributed by atoms with Crippen molar-refractivity contribution in [3.8, 4) is 0 Å². The SMILES string of the molecule is CCC1CN(C(=O)NC2CCCC2)C(CC)CN1. The molecule has 104 valence electrons. The Labute approximate surface area is 110 Å². The van der Waals surface area contributed by atoms with Gasteiger partial charge in [0, 0.05) is 31.2 Å². The van der Waals surface area contributed by atoms with Gasteiger partial charge in [0.25, 0.3) is 0 Å². The van der Waals surface area contributed by atoms with Gasteiger partial charge in [-0.2, -0.15) is 0 Å². The molecule has 2 amide bonds. The van der Waals surface area contributed by atoms with Crippen molar-refractivity contribution in [1.82, 2.24) is 15.5 Å². The standard InChI is InChI=1S/C14H27N3O/c1-3-11-10-17(13(4-2)9-15-11)14(18)16-12-7-5-6-8-12/h11-13,15H,3-10H2,1-2H3,(H,16,18). The smallest absolute Gasteiger partial charge is 0.317 e. The molecule has 0 aromatic rings. The summed E-state index contributed by atoms with van der Waals surface area (Å²) in [6.45, 7) is 6.13. The van der Waals surface area contributed by atoms with Crippen LogP contribution in [-0.4, -0.2) is 42.1 Å². The summed E-state index contributed by atoms with van der Waals surface area (Å²) >= 11 is 0. The van der Waals surface area contributed by atoms with Gasteiger partial charge in [-0.05, 0) is 25.7 Å². The first kappa shape index (κ1) is 13.7. The van der Waals surface area contributed by atoms with E-state index >= 15 is 0 Å². The lowest BCUT2D eigenvalue weighted by atomic mass is 10.1. The zero-order chi connectivity index (χ0) is 13.0. The van der Waals surface area contributed by atoms with Gasteiger partial charge in [0.15, 0.2) is 0 Å². The highest BCUT2D eigenvalue weighted by Crippen LogP contribution is 2.19. The Hall–Kier alpha value is -0.770. The number of amides is 2. The summed E-state index contributed by atoms with van der Waals surface area (Å²) in [4.78, 5) is 14.4. The number of hydrogen-bond donors (Lipinski definition) is 2. The van der Waals surface area contributed by atoms with Crippen LogP contribution in [-0.2, 0) is 0 Å². The van der Waals surface area contributed by atoms with Crippen LogP contribution in [0.15, 0.2) is 0 Å². The van der Waals surface area contributed by atoms with E-state index in [1.807, 2.05) is 0 Å². The molecule has 18 heavy (non-hydrogen) atoms. The van der Waals surface area contributed by atoms with Crippen LogP contribution in [0.1, 0.15) is 52.4 Å². The maximum atomic E-state index is 12.4. The van der Waals surface area contributed by atoms with Crippen molar-refractivity contribution in [1.29, 1.82) is 0 Å². The molecule has 4 nitrogen and oxygen atoms in total. The molecule has 2 N–H and O–H groups in total. The van der Waals surface area contributed by atoms with Crippen molar-refractivity contribution in [2.45, 2.75) is 70.5 Å². The molecular weight excluding hydrogens is 226 g/mol. The summed E-state index contributed by atoms with van der Waals surface area (Å²) in [5.41, 5.74) is 0. The molecule has 2 atom stereocenters. The number of nitrogens with one attached hydrogen (secondary N) is 2. The van der Waals surface area contributed by atoms with E-state index in [9.17, 15) is 4.79 Å². The van der Waals surface area contributed by atoms with Crippen LogP contribution in [0.25, 0.3) is 0 Å². The Morgan fingerprint density at radius 2 is 2.00 bits per heavy atom. The summed E-state index contributed by atoms with van der Waals surface area (Å²) in [7, 11) is 0. The fraction of sp³-hybridized carbons (Fsp3) is 0.929. The molecule has 0 spiro atoms. The van der Waals surface area contributed by atoms with E-state index in [1.54, 1.807) is 0 Å². The van der Waals surface area contributed by atoms with Crippen molar-refractivity contribution in [2.24, 2.45) is 0 Å². The molecule has 1 saturated carbocycles. The number of piperazine rings is 1. The van der Waals surface area contributed by atoms with Gasteiger partial charge < -0.3 is 15.5 Å². The van der Waals surface area contributed by atoms with Crippen molar-refractivity contribution in [2.75, 3.05) is 13.1 Å². The first-order valence-electron chi connectivity index (χ1n) is 7.55. The summed E-state index contributed by atoms with van der Waals surface area (Å²) in [6.07, 6.45) is 6.96. The Morgan fingerprint density at radius 1 is 1.28 bits per heavy atom. The van der Waals surface area contributed by atoms with Gasteiger partial charge in [-0.1, -0.05) is 26.7 Å². The normalized spacial score (nSPS) is 29.6. The predicted octanol–water partition coefficient (Wildman–Crippen LogP) is 2.10. The van der Waals surface area contributed by atoms with Crippen LogP contribution >= 0.6 is 0 Å². The third-order valence-electron chi connectivity index (χ3n) is 4.41. The number of nitrogens with zero attached hydrogens (tertiary/aromatic N) is 1. The van der Waals surface area contributed by atoms with Gasteiger partial charge in [0.2, 0.25) is 0 Å². The highest BCUT2D eigenvalue weighted by Gasteiger charge is 2.30. The minimum atomic E-state index is 0.161. The average molecular weight is 253 g/mol. The van der Waals surface area contributed by atoms with E-state index in [4.69, 9.17) is 0 Å². The molecule has 2 unspecified atom stereocenters. The van der Waals surface area contributed by atoms with Crippen molar-refractivity contribution in [3.63, 3.8) is 0 Å². The van der Waals surface area contributed by atoms with Gasteiger partial charge in [0.1, 0.15) is 0 Å². The van der Waals surface area contributed by atoms with Crippen LogP contribution in [0, 0.1) is 0 Å². The molecule has 1 aliphatic carbocycles. The Morgan fingerprint density at radius 3 is 2.61 bits per heavy atom. The lowest BCUT2D eigenvalue weighted by Gasteiger charge is -2.40. The molecule has 1 heterocycles. The van der Waals surface area contributed by atoms with E-state index in [0.29, 0.717) is 18.1 Å². The van der Waals surface area contributed by atoms with Crippen LogP contribution in [0.5, 0.6) is 0 Å². The molecule has 2 fully saturated rings. The summed E-state index contributed by atoms with van der Waals surface area (Å²) in [5.74, 6) is 0. The number of rotatable bonds is 3. The zero-order valence-corrected chi connectivity index (χ0v) is 11.7. The van der Waals surface area contributed by atoms with Crippen molar-refractivity contribution < 1.29 is 4.79 Å². The number of hydrogen-bond acceptors (Lipinski definition) is 2. The van der Waals surface area contributed by atoms with Crippen LogP contribution < -0.4 is 10.6 Å². The highest BCUT2D eigenvalue weighted by atomic mass is 16.2. The predicted molar refractivity (Wildman–Crippen MR) is 73.7 cm³/mol. The Balaban J connectivity index is 1.91. The van der Waals surface area contributed by atoms with Crippen LogP contribution in [0.2, 0.25) is 0 Å². The lowest BCUT2D eigenvalue weighted by molar-refractivity contribution is 0.134. The first-order valence-corrected chi connectivity index (χ1v) is 7.55. The van der Waals surface area contributed by atoms with Gasteiger partial charge in [-0.3, -0.25) is 0 Å². The molecule has 1 aliphatic heterocycles. The summed E-state index contributed by atoms with van der Waals surface area (Å²) in [6, 6.07) is 1.40. The highest BCUT2D eigenvalue weighted by molar-refractivity contribution is 5.75. The van der Waals surface area contributed by atoms with Gasteiger partial charge in [-0.25, -0.2) is 4.79 Å². The molecular formula is C14H27N3O. The first-order chi connectivity index (χ1) is 8.74. The minimum Gasteiger partial charge on any atom is -0.335 e. The summed E-state index contributed by atoms with van der Waals surface area (Å²) < 4.78 is 0. The van der Waals surface area contributed by atoms with Crippen LogP contribution in [0.3, 0.4) is 0 Å².